The highest BCUT2D eigenvalue weighted by Crippen LogP contribution is 2.37. The van der Waals surface area contributed by atoms with Crippen molar-refractivity contribution < 1.29 is 13.5 Å². The first kappa shape index (κ1) is 16.5. The maximum Gasteiger partial charge on any atom is 0.244 e. The first-order chi connectivity index (χ1) is 9.66. The van der Waals surface area contributed by atoms with Crippen molar-refractivity contribution in [3.63, 3.8) is 0 Å². The summed E-state index contributed by atoms with van der Waals surface area (Å²) in [6, 6.07) is -0.00927. The van der Waals surface area contributed by atoms with E-state index in [1.54, 1.807) is 18.5 Å². The summed E-state index contributed by atoms with van der Waals surface area (Å²) in [4.78, 5) is 0.251. The van der Waals surface area contributed by atoms with Crippen molar-refractivity contribution in [2.45, 2.75) is 64.4 Å². The van der Waals surface area contributed by atoms with Crippen molar-refractivity contribution in [2.75, 3.05) is 6.61 Å². The van der Waals surface area contributed by atoms with Gasteiger partial charge >= 0.3 is 0 Å². The van der Waals surface area contributed by atoms with Crippen molar-refractivity contribution in [2.24, 2.45) is 5.41 Å². The van der Waals surface area contributed by atoms with Crippen LogP contribution in [0.3, 0.4) is 0 Å². The molecule has 1 unspecified atom stereocenters. The van der Waals surface area contributed by atoms with Gasteiger partial charge in [0.25, 0.3) is 0 Å². The summed E-state index contributed by atoms with van der Waals surface area (Å²) < 4.78 is 29.6. The Morgan fingerprint density at radius 2 is 2.10 bits per heavy atom. The van der Waals surface area contributed by atoms with Crippen LogP contribution in [-0.4, -0.2) is 36.0 Å². The van der Waals surface area contributed by atoms with Crippen LogP contribution in [0.25, 0.3) is 0 Å². The predicted molar refractivity (Wildman–Crippen MR) is 80.5 cm³/mol. The van der Waals surface area contributed by atoms with E-state index in [0.717, 1.165) is 19.3 Å². The van der Waals surface area contributed by atoms with Crippen LogP contribution < -0.4 is 4.72 Å². The second-order valence-corrected chi connectivity index (χ2v) is 8.32. The molecule has 7 heteroatoms. The molecule has 21 heavy (non-hydrogen) atoms. The smallest absolute Gasteiger partial charge is 0.244 e. The fourth-order valence-corrected chi connectivity index (χ4v) is 4.88. The van der Waals surface area contributed by atoms with Gasteiger partial charge in [0.2, 0.25) is 10.0 Å². The van der Waals surface area contributed by atoms with Crippen molar-refractivity contribution in [3.05, 3.63) is 11.4 Å². The number of hydrogen-bond donors (Lipinski definition) is 2. The summed E-state index contributed by atoms with van der Waals surface area (Å²) in [6.45, 7) is 7.98. The summed E-state index contributed by atoms with van der Waals surface area (Å²) >= 11 is 0. The van der Waals surface area contributed by atoms with Gasteiger partial charge in [-0.3, -0.25) is 4.68 Å². The summed E-state index contributed by atoms with van der Waals surface area (Å²) in [6.07, 6.45) is 2.76. The Labute approximate surface area is 126 Å². The SMILES string of the molecule is Cc1nn(CCO)c(C)c1S(=O)(=O)NC1CCC(C)(C)C1. The second-order valence-electron chi connectivity index (χ2n) is 6.67. The molecule has 0 amide bonds. The zero-order valence-electron chi connectivity index (χ0n) is 13.2. The summed E-state index contributed by atoms with van der Waals surface area (Å²) in [7, 11) is -3.57. The molecule has 0 bridgehead atoms. The quantitative estimate of drug-likeness (QED) is 0.859. The Bertz CT molecular complexity index is 620. The molecule has 1 saturated carbocycles. The predicted octanol–water partition coefficient (Wildman–Crippen LogP) is 1.35. The highest BCUT2D eigenvalue weighted by atomic mass is 32.2. The molecule has 2 rings (SSSR count). The number of aliphatic hydroxyl groups excluding tert-OH is 1. The lowest BCUT2D eigenvalue weighted by Gasteiger charge is -2.18. The third kappa shape index (κ3) is 3.46. The van der Waals surface area contributed by atoms with Crippen molar-refractivity contribution in [1.29, 1.82) is 0 Å². The van der Waals surface area contributed by atoms with Crippen LogP contribution in [0.15, 0.2) is 4.90 Å². The van der Waals surface area contributed by atoms with E-state index < -0.39 is 10.0 Å². The number of aryl methyl sites for hydroxylation is 1. The molecule has 0 radical (unpaired) electrons. The standard InChI is InChI=1S/C14H25N3O3S/c1-10-13(11(2)17(15-10)7-8-18)21(19,20)16-12-5-6-14(3,4)9-12/h12,16,18H,5-9H2,1-4H3. The van der Waals surface area contributed by atoms with Crippen molar-refractivity contribution >= 4 is 10.0 Å². The number of nitrogens with zero attached hydrogens (tertiary/aromatic N) is 2. The van der Waals surface area contributed by atoms with Crippen LogP contribution in [0.4, 0.5) is 0 Å². The molecule has 2 N–H and O–H groups in total. The highest BCUT2D eigenvalue weighted by Gasteiger charge is 2.35. The van der Waals surface area contributed by atoms with Crippen LogP contribution in [0.5, 0.6) is 0 Å². The molecule has 6 nitrogen and oxygen atoms in total. The average molecular weight is 315 g/mol. The van der Waals surface area contributed by atoms with E-state index in [-0.39, 0.29) is 23.0 Å². The van der Waals surface area contributed by atoms with Crippen LogP contribution in [-0.2, 0) is 16.6 Å². The van der Waals surface area contributed by atoms with E-state index in [0.29, 0.717) is 17.9 Å². The minimum atomic E-state index is -3.57. The minimum Gasteiger partial charge on any atom is -0.394 e. The number of nitrogens with one attached hydrogen (secondary N) is 1. The van der Waals surface area contributed by atoms with Crippen LogP contribution in [0.2, 0.25) is 0 Å². The molecule has 1 atom stereocenters. The summed E-state index contributed by atoms with van der Waals surface area (Å²) in [5.41, 5.74) is 1.25. The second kappa shape index (κ2) is 5.70. The average Bonchev–Trinajstić information content (AvgIpc) is 2.80. The van der Waals surface area contributed by atoms with E-state index in [1.165, 1.54) is 0 Å². The fraction of sp³-hybridized carbons (Fsp3) is 0.786. The Morgan fingerprint density at radius 3 is 2.62 bits per heavy atom. The van der Waals surface area contributed by atoms with Crippen molar-refractivity contribution in [1.82, 2.24) is 14.5 Å². The number of hydrogen-bond acceptors (Lipinski definition) is 4. The molecule has 1 aromatic heterocycles. The van der Waals surface area contributed by atoms with Gasteiger partial charge in [-0.1, -0.05) is 13.8 Å². The molecule has 1 fully saturated rings. The molecule has 0 saturated heterocycles. The lowest BCUT2D eigenvalue weighted by Crippen LogP contribution is -2.34. The molecule has 0 aliphatic heterocycles. The summed E-state index contributed by atoms with van der Waals surface area (Å²) in [5.74, 6) is 0. The largest absolute Gasteiger partial charge is 0.394 e. The molecule has 1 aromatic rings. The van der Waals surface area contributed by atoms with Crippen LogP contribution >= 0.6 is 0 Å². The van der Waals surface area contributed by atoms with Gasteiger partial charge in [-0.15, -0.1) is 0 Å². The molecule has 1 heterocycles. The van der Waals surface area contributed by atoms with Gasteiger partial charge in [-0.2, -0.15) is 5.10 Å². The maximum absolute atomic E-state index is 12.6. The molecule has 120 valence electrons. The van der Waals surface area contributed by atoms with E-state index in [1.807, 2.05) is 0 Å². The third-order valence-electron chi connectivity index (χ3n) is 4.19. The van der Waals surface area contributed by atoms with Crippen LogP contribution in [0, 0.1) is 19.3 Å². The van der Waals surface area contributed by atoms with E-state index >= 15 is 0 Å². The van der Waals surface area contributed by atoms with Gasteiger partial charge in [0.1, 0.15) is 4.90 Å². The highest BCUT2D eigenvalue weighted by molar-refractivity contribution is 7.89. The normalized spacial score (nSPS) is 21.9. The molecule has 0 aromatic carbocycles. The van der Waals surface area contributed by atoms with E-state index in [9.17, 15) is 8.42 Å². The number of aromatic nitrogens is 2. The van der Waals surface area contributed by atoms with Gasteiger partial charge in [0.15, 0.2) is 0 Å². The van der Waals surface area contributed by atoms with Gasteiger partial charge < -0.3 is 5.11 Å². The Hall–Kier alpha value is -0.920. The lowest BCUT2D eigenvalue weighted by atomic mass is 9.92. The minimum absolute atomic E-state index is 0.00927. The van der Waals surface area contributed by atoms with Crippen LogP contribution in [0.1, 0.15) is 44.5 Å². The monoisotopic (exact) mass is 315 g/mol. The third-order valence-corrected chi connectivity index (χ3v) is 5.96. The van der Waals surface area contributed by atoms with Crippen molar-refractivity contribution in [3.8, 4) is 0 Å². The Kier molecular flexibility index (Phi) is 4.46. The molecular weight excluding hydrogens is 290 g/mol. The van der Waals surface area contributed by atoms with Gasteiger partial charge in [0, 0.05) is 6.04 Å². The molecule has 1 aliphatic carbocycles. The first-order valence-corrected chi connectivity index (χ1v) is 8.82. The first-order valence-electron chi connectivity index (χ1n) is 7.33. The zero-order chi connectivity index (χ0) is 15.8. The number of rotatable bonds is 5. The Balaban J connectivity index is 2.24. The summed E-state index contributed by atoms with van der Waals surface area (Å²) in [5, 5.41) is 13.2. The maximum atomic E-state index is 12.6. The molecule has 1 aliphatic rings. The van der Waals surface area contributed by atoms with E-state index in [4.69, 9.17) is 5.11 Å². The number of sulfonamides is 1. The fourth-order valence-electron chi connectivity index (χ4n) is 3.20. The lowest BCUT2D eigenvalue weighted by molar-refractivity contribution is 0.267. The zero-order valence-corrected chi connectivity index (χ0v) is 14.0. The molecular formula is C14H25N3O3S. The van der Waals surface area contributed by atoms with Gasteiger partial charge in [0.05, 0.1) is 24.5 Å². The molecule has 0 spiro atoms. The topological polar surface area (TPSA) is 84.2 Å². The van der Waals surface area contributed by atoms with E-state index in [2.05, 4.69) is 23.7 Å². The van der Waals surface area contributed by atoms with Gasteiger partial charge in [-0.05, 0) is 38.5 Å². The number of aliphatic hydroxyl groups is 1. The Morgan fingerprint density at radius 1 is 1.43 bits per heavy atom. The van der Waals surface area contributed by atoms with Gasteiger partial charge in [-0.25, -0.2) is 13.1 Å².